The molecule has 0 spiro atoms. The molecule has 0 saturated carbocycles. The summed E-state index contributed by atoms with van der Waals surface area (Å²) in [5.74, 6) is 0.311. The number of guanidine groups is 1. The molecule has 156 valence electrons. The van der Waals surface area contributed by atoms with Gasteiger partial charge in [-0.15, -0.1) is 24.0 Å². The molecule has 2 amide bonds. The lowest BCUT2D eigenvalue weighted by molar-refractivity contribution is -0.129. The highest BCUT2D eigenvalue weighted by Crippen LogP contribution is 2.10. The number of benzene rings is 1. The van der Waals surface area contributed by atoms with Crippen molar-refractivity contribution in [2.75, 3.05) is 33.2 Å². The largest absolute Gasteiger partial charge is 0.355 e. The maximum Gasteiger partial charge on any atom is 0.224 e. The summed E-state index contributed by atoms with van der Waals surface area (Å²) in [6, 6.07) is 6.20. The number of rotatable bonds is 7. The van der Waals surface area contributed by atoms with E-state index in [1.165, 1.54) is 12.1 Å². The standard InChI is InChI=1S/C19H28FN5O2.HI/c1-3-18(27)25-10-7-16(13-25)24-19(21-2)23-9-8-22-17(26)12-14-5-4-6-15(20)11-14;/h4-6,11,16H,3,7-10,12-13H2,1-2H3,(H,22,26)(H2,21,23,24);1H. The van der Waals surface area contributed by atoms with Crippen molar-refractivity contribution in [1.82, 2.24) is 20.9 Å². The zero-order valence-corrected chi connectivity index (χ0v) is 18.7. The molecule has 0 aliphatic carbocycles. The second-order valence-corrected chi connectivity index (χ2v) is 6.48. The predicted octanol–water partition coefficient (Wildman–Crippen LogP) is 1.28. The normalized spacial score (nSPS) is 16.3. The summed E-state index contributed by atoms with van der Waals surface area (Å²) in [5.41, 5.74) is 0.644. The predicted molar refractivity (Wildman–Crippen MR) is 118 cm³/mol. The third-order valence-corrected chi connectivity index (χ3v) is 4.40. The number of amides is 2. The lowest BCUT2D eigenvalue weighted by atomic mass is 10.1. The Morgan fingerprint density at radius 1 is 1.29 bits per heavy atom. The van der Waals surface area contributed by atoms with Crippen LogP contribution in [0.2, 0.25) is 0 Å². The third-order valence-electron chi connectivity index (χ3n) is 4.40. The summed E-state index contributed by atoms with van der Waals surface area (Å²) in [4.78, 5) is 29.7. The number of hydrogen-bond donors (Lipinski definition) is 3. The molecule has 2 rings (SSSR count). The first kappa shape index (κ1) is 24.1. The quantitative estimate of drug-likeness (QED) is 0.226. The third kappa shape index (κ3) is 7.99. The maximum atomic E-state index is 13.1. The minimum atomic E-state index is -0.344. The van der Waals surface area contributed by atoms with Gasteiger partial charge in [0.2, 0.25) is 11.8 Å². The molecule has 1 aliphatic heterocycles. The second kappa shape index (κ2) is 12.5. The van der Waals surface area contributed by atoms with E-state index in [1.807, 2.05) is 11.8 Å². The average Bonchev–Trinajstić information content (AvgIpc) is 3.12. The van der Waals surface area contributed by atoms with Gasteiger partial charge in [0.15, 0.2) is 5.96 Å². The van der Waals surface area contributed by atoms with Crippen molar-refractivity contribution in [2.45, 2.75) is 32.2 Å². The molecule has 1 atom stereocenters. The molecule has 9 heteroatoms. The molecule has 1 saturated heterocycles. The molecule has 1 aliphatic rings. The molecule has 1 heterocycles. The van der Waals surface area contributed by atoms with Gasteiger partial charge in [0, 0.05) is 45.7 Å². The molecule has 7 nitrogen and oxygen atoms in total. The first-order valence-corrected chi connectivity index (χ1v) is 9.28. The van der Waals surface area contributed by atoms with Gasteiger partial charge in [0.05, 0.1) is 6.42 Å². The van der Waals surface area contributed by atoms with Crippen LogP contribution < -0.4 is 16.0 Å². The Bertz CT molecular complexity index is 686. The van der Waals surface area contributed by atoms with Crippen LogP contribution in [0, 0.1) is 5.82 Å². The highest BCUT2D eigenvalue weighted by Gasteiger charge is 2.25. The Morgan fingerprint density at radius 3 is 2.71 bits per heavy atom. The zero-order chi connectivity index (χ0) is 19.6. The fourth-order valence-electron chi connectivity index (χ4n) is 2.99. The van der Waals surface area contributed by atoms with Crippen LogP contribution in [-0.4, -0.2) is 61.9 Å². The Labute approximate surface area is 182 Å². The zero-order valence-electron chi connectivity index (χ0n) is 16.3. The number of hydrogen-bond acceptors (Lipinski definition) is 3. The number of carbonyl (C=O) groups is 2. The van der Waals surface area contributed by atoms with Crippen molar-refractivity contribution in [3.8, 4) is 0 Å². The van der Waals surface area contributed by atoms with Crippen LogP contribution in [-0.2, 0) is 16.0 Å². The minimum absolute atomic E-state index is 0. The number of likely N-dealkylation sites (tertiary alicyclic amines) is 1. The van der Waals surface area contributed by atoms with Crippen molar-refractivity contribution < 1.29 is 14.0 Å². The van der Waals surface area contributed by atoms with E-state index >= 15 is 0 Å². The van der Waals surface area contributed by atoms with Crippen LogP contribution in [0.3, 0.4) is 0 Å². The van der Waals surface area contributed by atoms with E-state index in [9.17, 15) is 14.0 Å². The van der Waals surface area contributed by atoms with E-state index in [1.54, 1.807) is 19.2 Å². The van der Waals surface area contributed by atoms with Gasteiger partial charge < -0.3 is 20.9 Å². The molecule has 0 bridgehead atoms. The molecular formula is C19H29FIN5O2. The molecule has 28 heavy (non-hydrogen) atoms. The van der Waals surface area contributed by atoms with Crippen molar-refractivity contribution in [1.29, 1.82) is 0 Å². The lowest BCUT2D eigenvalue weighted by Gasteiger charge is -2.18. The van der Waals surface area contributed by atoms with E-state index in [0.717, 1.165) is 13.0 Å². The number of carbonyl (C=O) groups excluding carboxylic acids is 2. The number of halogens is 2. The van der Waals surface area contributed by atoms with Gasteiger partial charge >= 0.3 is 0 Å². The van der Waals surface area contributed by atoms with E-state index in [4.69, 9.17) is 0 Å². The summed E-state index contributed by atoms with van der Waals surface area (Å²) in [6.07, 6.45) is 1.56. The summed E-state index contributed by atoms with van der Waals surface area (Å²) in [7, 11) is 1.68. The van der Waals surface area contributed by atoms with Gasteiger partial charge in [-0.25, -0.2) is 4.39 Å². The molecule has 1 unspecified atom stereocenters. The van der Waals surface area contributed by atoms with Crippen LogP contribution >= 0.6 is 24.0 Å². The van der Waals surface area contributed by atoms with Crippen LogP contribution in [0.5, 0.6) is 0 Å². The Kier molecular flexibility index (Phi) is 10.8. The number of nitrogens with zero attached hydrogens (tertiary/aromatic N) is 2. The Balaban J connectivity index is 0.00000392. The van der Waals surface area contributed by atoms with Crippen LogP contribution in [0.1, 0.15) is 25.3 Å². The van der Waals surface area contributed by atoms with Crippen molar-refractivity contribution >= 4 is 41.8 Å². The first-order valence-electron chi connectivity index (χ1n) is 9.28. The van der Waals surface area contributed by atoms with Gasteiger partial charge in [-0.1, -0.05) is 19.1 Å². The van der Waals surface area contributed by atoms with Crippen LogP contribution in [0.4, 0.5) is 4.39 Å². The average molecular weight is 505 g/mol. The highest BCUT2D eigenvalue weighted by atomic mass is 127. The van der Waals surface area contributed by atoms with Gasteiger partial charge in [-0.2, -0.15) is 0 Å². The fourth-order valence-corrected chi connectivity index (χ4v) is 2.99. The van der Waals surface area contributed by atoms with Crippen molar-refractivity contribution in [3.63, 3.8) is 0 Å². The lowest BCUT2D eigenvalue weighted by Crippen LogP contribution is -2.46. The van der Waals surface area contributed by atoms with Crippen LogP contribution in [0.15, 0.2) is 29.3 Å². The number of nitrogens with one attached hydrogen (secondary N) is 3. The first-order chi connectivity index (χ1) is 13.0. The van der Waals surface area contributed by atoms with Crippen LogP contribution in [0.25, 0.3) is 0 Å². The summed E-state index contributed by atoms with van der Waals surface area (Å²) in [5, 5.41) is 9.24. The molecule has 1 fully saturated rings. The van der Waals surface area contributed by atoms with E-state index in [0.29, 0.717) is 37.6 Å². The van der Waals surface area contributed by atoms with E-state index in [2.05, 4.69) is 20.9 Å². The van der Waals surface area contributed by atoms with Crippen molar-refractivity contribution in [2.24, 2.45) is 4.99 Å². The van der Waals surface area contributed by atoms with Gasteiger partial charge in [-0.3, -0.25) is 14.6 Å². The highest BCUT2D eigenvalue weighted by molar-refractivity contribution is 14.0. The molecule has 0 aromatic heterocycles. The van der Waals surface area contributed by atoms with Gasteiger partial charge in [-0.05, 0) is 24.1 Å². The molecule has 0 radical (unpaired) electrons. The van der Waals surface area contributed by atoms with Crippen molar-refractivity contribution in [3.05, 3.63) is 35.6 Å². The van der Waals surface area contributed by atoms with E-state index < -0.39 is 0 Å². The topological polar surface area (TPSA) is 85.8 Å². The molecule has 1 aromatic carbocycles. The molecule has 1 aromatic rings. The molecular weight excluding hydrogens is 476 g/mol. The second-order valence-electron chi connectivity index (χ2n) is 6.48. The number of aliphatic imine (C=N–C) groups is 1. The molecule has 3 N–H and O–H groups in total. The van der Waals surface area contributed by atoms with E-state index in [-0.39, 0.29) is 54.1 Å². The Hall–Kier alpha value is -1.91. The summed E-state index contributed by atoms with van der Waals surface area (Å²) < 4.78 is 13.1. The Morgan fingerprint density at radius 2 is 2.04 bits per heavy atom. The fraction of sp³-hybridized carbons (Fsp3) is 0.526. The minimum Gasteiger partial charge on any atom is -0.355 e. The maximum absolute atomic E-state index is 13.1. The SMILES string of the molecule is CCC(=O)N1CCC(NC(=NC)NCCNC(=O)Cc2cccc(F)c2)C1.I. The monoisotopic (exact) mass is 505 g/mol. The van der Waals surface area contributed by atoms with Gasteiger partial charge in [0.25, 0.3) is 0 Å². The summed E-state index contributed by atoms with van der Waals surface area (Å²) >= 11 is 0. The summed E-state index contributed by atoms with van der Waals surface area (Å²) in [6.45, 7) is 4.25. The smallest absolute Gasteiger partial charge is 0.224 e. The van der Waals surface area contributed by atoms with Gasteiger partial charge in [0.1, 0.15) is 5.82 Å².